The van der Waals surface area contributed by atoms with Gasteiger partial charge in [-0.25, -0.2) is 0 Å². The van der Waals surface area contributed by atoms with Crippen molar-refractivity contribution in [3.8, 4) is 5.75 Å². The largest absolute Gasteiger partial charge is 0.486 e. The summed E-state index contributed by atoms with van der Waals surface area (Å²) in [5.41, 5.74) is 0.414. The Morgan fingerprint density at radius 2 is 2.20 bits per heavy atom. The Morgan fingerprint density at radius 3 is 2.87 bits per heavy atom. The quantitative estimate of drug-likeness (QED) is 0.790. The molecule has 0 bridgehead atoms. The van der Waals surface area contributed by atoms with Gasteiger partial charge in [-0.15, -0.1) is 0 Å². The number of hydrogen-bond acceptors (Lipinski definition) is 2. The summed E-state index contributed by atoms with van der Waals surface area (Å²) in [7, 11) is 0. The average molecular weight is 292 g/mol. The lowest BCUT2D eigenvalue weighted by molar-refractivity contribution is 0.0108. The Hall–Kier alpha value is -0.250. The highest BCUT2D eigenvalue weighted by molar-refractivity contribution is 9.10. The minimum absolute atomic E-state index is 0.344. The summed E-state index contributed by atoms with van der Waals surface area (Å²) in [5, 5.41) is 10.6. The van der Waals surface area contributed by atoms with E-state index < -0.39 is 6.10 Å². The first kappa shape index (κ1) is 11.2. The second-order valence-corrected chi connectivity index (χ2v) is 5.68. The highest BCUT2D eigenvalue weighted by atomic mass is 79.9. The summed E-state index contributed by atoms with van der Waals surface area (Å²) in [5.74, 6) is 0.697. The number of hydrogen-bond donors (Lipinski definition) is 1. The van der Waals surface area contributed by atoms with Gasteiger partial charge in [0.05, 0.1) is 10.6 Å². The molecule has 2 nitrogen and oxygen atoms in total. The monoisotopic (exact) mass is 290 g/mol. The molecule has 0 amide bonds. The van der Waals surface area contributed by atoms with Crippen molar-refractivity contribution >= 4 is 27.5 Å². The van der Waals surface area contributed by atoms with E-state index in [1.807, 2.05) is 13.8 Å². The molecule has 0 spiro atoms. The SMILES string of the molecule is CC1(C)CC(O)c2cc(Cl)cc(Br)c2O1. The van der Waals surface area contributed by atoms with Crippen LogP contribution in [0.1, 0.15) is 31.9 Å². The number of aliphatic hydroxyl groups excluding tert-OH is 1. The van der Waals surface area contributed by atoms with Gasteiger partial charge >= 0.3 is 0 Å². The molecule has 1 aliphatic heterocycles. The van der Waals surface area contributed by atoms with E-state index in [1.54, 1.807) is 12.1 Å². The fourth-order valence-electron chi connectivity index (χ4n) is 1.83. The van der Waals surface area contributed by atoms with Crippen LogP contribution < -0.4 is 4.74 Å². The fourth-order valence-corrected chi connectivity index (χ4v) is 2.74. The number of rotatable bonds is 0. The summed E-state index contributed by atoms with van der Waals surface area (Å²) < 4.78 is 6.60. The van der Waals surface area contributed by atoms with Gasteiger partial charge in [-0.05, 0) is 41.9 Å². The van der Waals surface area contributed by atoms with E-state index in [0.29, 0.717) is 17.2 Å². The Balaban J connectivity index is 2.55. The highest BCUT2D eigenvalue weighted by Crippen LogP contribution is 2.44. The predicted octanol–water partition coefficient (Wildman–Crippen LogP) is 3.70. The van der Waals surface area contributed by atoms with Gasteiger partial charge in [-0.3, -0.25) is 0 Å². The average Bonchev–Trinajstić information content (AvgIpc) is 2.06. The molecular weight excluding hydrogens is 279 g/mol. The van der Waals surface area contributed by atoms with Gasteiger partial charge in [0, 0.05) is 17.0 Å². The minimum Gasteiger partial charge on any atom is -0.486 e. The van der Waals surface area contributed by atoms with Crippen LogP contribution in [0.4, 0.5) is 0 Å². The fraction of sp³-hybridized carbons (Fsp3) is 0.455. The summed E-state index contributed by atoms with van der Waals surface area (Å²) in [6.45, 7) is 3.92. The second kappa shape index (κ2) is 3.65. The van der Waals surface area contributed by atoms with Crippen LogP contribution in [-0.2, 0) is 0 Å². The number of ether oxygens (including phenoxy) is 1. The first-order valence-corrected chi connectivity index (χ1v) is 5.92. The van der Waals surface area contributed by atoms with E-state index in [2.05, 4.69) is 15.9 Å². The van der Waals surface area contributed by atoms with E-state index >= 15 is 0 Å². The molecule has 0 aromatic heterocycles. The molecule has 0 saturated carbocycles. The summed E-state index contributed by atoms with van der Waals surface area (Å²) in [4.78, 5) is 0. The van der Waals surface area contributed by atoms with Gasteiger partial charge in [0.1, 0.15) is 11.4 Å². The van der Waals surface area contributed by atoms with Crippen LogP contribution >= 0.6 is 27.5 Å². The molecule has 1 heterocycles. The zero-order valence-corrected chi connectivity index (χ0v) is 10.9. The van der Waals surface area contributed by atoms with Crippen LogP contribution in [-0.4, -0.2) is 10.7 Å². The van der Waals surface area contributed by atoms with Gasteiger partial charge in [0.15, 0.2) is 0 Å². The molecule has 1 N–H and O–H groups in total. The van der Waals surface area contributed by atoms with E-state index in [0.717, 1.165) is 10.0 Å². The molecule has 1 atom stereocenters. The zero-order chi connectivity index (χ0) is 11.2. The van der Waals surface area contributed by atoms with E-state index in [-0.39, 0.29) is 5.60 Å². The third-order valence-corrected chi connectivity index (χ3v) is 3.27. The number of fused-ring (bicyclic) bond motifs is 1. The van der Waals surface area contributed by atoms with Crippen molar-refractivity contribution in [3.05, 3.63) is 27.2 Å². The maximum atomic E-state index is 9.99. The molecule has 1 unspecified atom stereocenters. The summed E-state index contributed by atoms with van der Waals surface area (Å²) in [6, 6.07) is 3.52. The predicted molar refractivity (Wildman–Crippen MR) is 63.4 cm³/mol. The van der Waals surface area contributed by atoms with Crippen molar-refractivity contribution in [2.45, 2.75) is 32.0 Å². The van der Waals surface area contributed by atoms with Crippen molar-refractivity contribution < 1.29 is 9.84 Å². The van der Waals surface area contributed by atoms with Crippen LogP contribution in [0.5, 0.6) is 5.75 Å². The summed E-state index contributed by atoms with van der Waals surface area (Å²) >= 11 is 9.31. The van der Waals surface area contributed by atoms with E-state index in [4.69, 9.17) is 16.3 Å². The van der Waals surface area contributed by atoms with Crippen LogP contribution in [0.2, 0.25) is 5.02 Å². The highest BCUT2D eigenvalue weighted by Gasteiger charge is 2.34. The van der Waals surface area contributed by atoms with Gasteiger partial charge in [0.25, 0.3) is 0 Å². The molecular formula is C11H12BrClO2. The maximum Gasteiger partial charge on any atom is 0.140 e. The lowest BCUT2D eigenvalue weighted by atomic mass is 9.92. The van der Waals surface area contributed by atoms with Crippen LogP contribution in [0.15, 0.2) is 16.6 Å². The third-order valence-electron chi connectivity index (χ3n) is 2.46. The standard InChI is InChI=1S/C11H12BrClO2/c1-11(2)5-9(14)7-3-6(13)4-8(12)10(7)15-11/h3-4,9,14H,5H2,1-2H3. The van der Waals surface area contributed by atoms with Crippen molar-refractivity contribution in [3.63, 3.8) is 0 Å². The Bertz CT molecular complexity index is 404. The Morgan fingerprint density at radius 1 is 1.53 bits per heavy atom. The van der Waals surface area contributed by atoms with Gasteiger partial charge in [-0.1, -0.05) is 11.6 Å². The minimum atomic E-state index is -0.515. The van der Waals surface area contributed by atoms with Gasteiger partial charge < -0.3 is 9.84 Å². The Labute approximate surface area is 102 Å². The van der Waals surface area contributed by atoms with E-state index in [1.165, 1.54) is 0 Å². The topological polar surface area (TPSA) is 29.5 Å². The van der Waals surface area contributed by atoms with Crippen molar-refractivity contribution in [2.24, 2.45) is 0 Å². The lowest BCUT2D eigenvalue weighted by Crippen LogP contribution is -2.35. The molecule has 0 radical (unpaired) electrons. The van der Waals surface area contributed by atoms with Crippen LogP contribution in [0.25, 0.3) is 0 Å². The number of halogens is 2. The molecule has 1 aliphatic rings. The van der Waals surface area contributed by atoms with Crippen LogP contribution in [0, 0.1) is 0 Å². The molecule has 4 heteroatoms. The summed E-state index contributed by atoms with van der Waals surface area (Å²) in [6.07, 6.45) is 0.0611. The first-order chi connectivity index (χ1) is 6.89. The number of benzene rings is 1. The smallest absolute Gasteiger partial charge is 0.140 e. The second-order valence-electron chi connectivity index (χ2n) is 4.39. The molecule has 0 saturated heterocycles. The molecule has 0 fully saturated rings. The third kappa shape index (κ3) is 2.14. The molecule has 0 aliphatic carbocycles. The molecule has 82 valence electrons. The Kier molecular flexibility index (Phi) is 2.73. The van der Waals surface area contributed by atoms with Crippen molar-refractivity contribution in [2.75, 3.05) is 0 Å². The lowest BCUT2D eigenvalue weighted by Gasteiger charge is -2.36. The van der Waals surface area contributed by atoms with Gasteiger partial charge in [0.2, 0.25) is 0 Å². The molecule has 2 rings (SSSR count). The van der Waals surface area contributed by atoms with Crippen molar-refractivity contribution in [1.82, 2.24) is 0 Å². The molecule has 15 heavy (non-hydrogen) atoms. The normalized spacial score (nSPS) is 23.1. The molecule has 1 aromatic carbocycles. The molecule has 1 aromatic rings. The van der Waals surface area contributed by atoms with E-state index in [9.17, 15) is 5.11 Å². The first-order valence-electron chi connectivity index (χ1n) is 4.75. The number of aliphatic hydroxyl groups is 1. The van der Waals surface area contributed by atoms with Crippen LogP contribution in [0.3, 0.4) is 0 Å². The maximum absolute atomic E-state index is 9.99. The van der Waals surface area contributed by atoms with Gasteiger partial charge in [-0.2, -0.15) is 0 Å². The zero-order valence-electron chi connectivity index (χ0n) is 8.55. The van der Waals surface area contributed by atoms with Crippen molar-refractivity contribution in [1.29, 1.82) is 0 Å².